The number of aryl methyl sites for hydroxylation is 1. The largest absolute Gasteiger partial charge is 0.378 e. The lowest BCUT2D eigenvalue weighted by atomic mass is 10.3. The van der Waals surface area contributed by atoms with Crippen molar-refractivity contribution in [1.82, 2.24) is 19.9 Å². The van der Waals surface area contributed by atoms with Crippen molar-refractivity contribution in [2.45, 2.75) is 6.92 Å². The molecule has 2 fully saturated rings. The third kappa shape index (κ3) is 3.81. The van der Waals surface area contributed by atoms with Crippen molar-refractivity contribution >= 4 is 29.3 Å². The van der Waals surface area contributed by atoms with Gasteiger partial charge in [0.2, 0.25) is 11.9 Å². The average Bonchev–Trinajstić information content (AvgIpc) is 2.69. The second-order valence-electron chi connectivity index (χ2n) is 6.44. The number of halogens is 1. The fourth-order valence-corrected chi connectivity index (χ4v) is 3.31. The Kier molecular flexibility index (Phi) is 5.03. The lowest BCUT2D eigenvalue weighted by Crippen LogP contribution is -2.47. The Morgan fingerprint density at radius 3 is 2.15 bits per heavy atom. The van der Waals surface area contributed by atoms with Gasteiger partial charge < -0.3 is 19.4 Å². The maximum absolute atomic E-state index is 5.87. The summed E-state index contributed by atoms with van der Waals surface area (Å²) >= 11 is 5.87. The van der Waals surface area contributed by atoms with Crippen molar-refractivity contribution in [2.24, 2.45) is 0 Å². The first-order valence-electron chi connectivity index (χ1n) is 8.85. The molecular weight excluding hydrogens is 354 g/mol. The predicted molar refractivity (Wildman–Crippen MR) is 101 cm³/mol. The van der Waals surface area contributed by atoms with E-state index < -0.39 is 0 Å². The minimum Gasteiger partial charge on any atom is -0.378 e. The Morgan fingerprint density at radius 1 is 0.846 bits per heavy atom. The van der Waals surface area contributed by atoms with Crippen LogP contribution in [0.1, 0.15) is 5.69 Å². The molecule has 8 nitrogen and oxygen atoms in total. The van der Waals surface area contributed by atoms with E-state index in [4.69, 9.17) is 21.3 Å². The second-order valence-corrected chi connectivity index (χ2v) is 6.88. The van der Waals surface area contributed by atoms with Crippen molar-refractivity contribution < 1.29 is 4.74 Å². The van der Waals surface area contributed by atoms with Gasteiger partial charge in [-0.05, 0) is 6.92 Å². The van der Waals surface area contributed by atoms with Gasteiger partial charge in [0.05, 0.1) is 30.6 Å². The fraction of sp³-hybridized carbons (Fsp3) is 0.529. The molecule has 0 radical (unpaired) electrons. The molecule has 2 aliphatic rings. The highest BCUT2D eigenvalue weighted by atomic mass is 35.5. The molecule has 26 heavy (non-hydrogen) atoms. The molecule has 0 amide bonds. The molecule has 4 heterocycles. The van der Waals surface area contributed by atoms with E-state index in [0.717, 1.165) is 75.9 Å². The topological polar surface area (TPSA) is 70.5 Å². The molecule has 0 spiro atoms. The van der Waals surface area contributed by atoms with E-state index in [2.05, 4.69) is 35.7 Å². The van der Waals surface area contributed by atoms with Crippen LogP contribution in [-0.4, -0.2) is 72.4 Å². The molecular formula is C17H22ClN7O. The molecule has 9 heteroatoms. The molecule has 2 saturated heterocycles. The van der Waals surface area contributed by atoms with E-state index in [1.807, 2.05) is 6.92 Å². The molecule has 2 aliphatic heterocycles. The van der Waals surface area contributed by atoms with Crippen molar-refractivity contribution in [3.63, 3.8) is 0 Å². The molecule has 0 unspecified atom stereocenters. The van der Waals surface area contributed by atoms with Crippen LogP contribution >= 0.6 is 11.6 Å². The van der Waals surface area contributed by atoms with Crippen LogP contribution in [0.25, 0.3) is 0 Å². The summed E-state index contributed by atoms with van der Waals surface area (Å²) in [7, 11) is 0. The Labute approximate surface area is 157 Å². The standard InChI is InChI=1S/C17H22ClN7O/c1-13-10-15(22-17(21-13)25-6-8-26-9-7-25)23-2-4-24(5-3-23)16-19-11-14(18)12-20-16/h10-12H,2-9H2,1H3. The normalized spacial score (nSPS) is 18.3. The van der Waals surface area contributed by atoms with E-state index in [1.54, 1.807) is 12.4 Å². The van der Waals surface area contributed by atoms with E-state index in [-0.39, 0.29) is 0 Å². The summed E-state index contributed by atoms with van der Waals surface area (Å²) in [4.78, 5) is 24.7. The first kappa shape index (κ1) is 17.2. The third-order valence-electron chi connectivity index (χ3n) is 4.62. The quantitative estimate of drug-likeness (QED) is 0.797. The van der Waals surface area contributed by atoms with Crippen LogP contribution in [0.15, 0.2) is 18.5 Å². The number of nitrogens with zero attached hydrogens (tertiary/aromatic N) is 7. The minimum absolute atomic E-state index is 0.555. The van der Waals surface area contributed by atoms with Crippen molar-refractivity contribution in [2.75, 3.05) is 67.2 Å². The summed E-state index contributed by atoms with van der Waals surface area (Å²) in [6.07, 6.45) is 3.28. The summed E-state index contributed by atoms with van der Waals surface area (Å²) in [6, 6.07) is 2.05. The maximum Gasteiger partial charge on any atom is 0.227 e. The molecule has 0 aromatic carbocycles. The third-order valence-corrected chi connectivity index (χ3v) is 4.81. The molecule has 0 saturated carbocycles. The number of anilines is 3. The van der Waals surface area contributed by atoms with Crippen molar-refractivity contribution in [1.29, 1.82) is 0 Å². The highest BCUT2D eigenvalue weighted by Crippen LogP contribution is 2.21. The van der Waals surface area contributed by atoms with Gasteiger partial charge in [0.1, 0.15) is 5.82 Å². The van der Waals surface area contributed by atoms with Gasteiger partial charge in [-0.2, -0.15) is 4.98 Å². The summed E-state index contributed by atoms with van der Waals surface area (Å²) in [6.45, 7) is 8.58. The number of hydrogen-bond acceptors (Lipinski definition) is 8. The molecule has 2 aromatic heterocycles. The number of morpholine rings is 1. The molecule has 2 aromatic rings. The zero-order valence-electron chi connectivity index (χ0n) is 14.8. The summed E-state index contributed by atoms with van der Waals surface area (Å²) in [5, 5.41) is 0.555. The van der Waals surface area contributed by atoms with Gasteiger partial charge in [-0.15, -0.1) is 0 Å². The van der Waals surface area contributed by atoms with Crippen LogP contribution < -0.4 is 14.7 Å². The fourth-order valence-electron chi connectivity index (χ4n) is 3.21. The van der Waals surface area contributed by atoms with Gasteiger partial charge in [-0.25, -0.2) is 15.0 Å². The zero-order valence-corrected chi connectivity index (χ0v) is 15.6. The average molecular weight is 376 g/mol. The summed E-state index contributed by atoms with van der Waals surface area (Å²) < 4.78 is 5.43. The Hall–Kier alpha value is -2.19. The number of piperazine rings is 1. The Balaban J connectivity index is 1.45. The van der Waals surface area contributed by atoms with Gasteiger partial charge in [0.15, 0.2) is 0 Å². The Bertz CT molecular complexity index is 743. The lowest BCUT2D eigenvalue weighted by Gasteiger charge is -2.36. The molecule has 4 rings (SSSR count). The first-order chi connectivity index (χ1) is 12.7. The smallest absolute Gasteiger partial charge is 0.227 e. The highest BCUT2D eigenvalue weighted by Gasteiger charge is 2.22. The first-order valence-corrected chi connectivity index (χ1v) is 9.23. The number of ether oxygens (including phenoxy) is 1. The minimum atomic E-state index is 0.555. The van der Waals surface area contributed by atoms with Crippen LogP contribution in [0.2, 0.25) is 5.02 Å². The molecule has 0 N–H and O–H groups in total. The van der Waals surface area contributed by atoms with Crippen molar-refractivity contribution in [3.8, 4) is 0 Å². The monoisotopic (exact) mass is 375 g/mol. The van der Waals surface area contributed by atoms with Gasteiger partial charge in [0.25, 0.3) is 0 Å². The van der Waals surface area contributed by atoms with Crippen LogP contribution in [-0.2, 0) is 4.74 Å². The molecule has 0 aliphatic carbocycles. The lowest BCUT2D eigenvalue weighted by molar-refractivity contribution is 0.122. The Morgan fingerprint density at radius 2 is 1.46 bits per heavy atom. The number of aromatic nitrogens is 4. The zero-order chi connectivity index (χ0) is 17.9. The second kappa shape index (κ2) is 7.59. The molecule has 0 bridgehead atoms. The van der Waals surface area contributed by atoms with Crippen molar-refractivity contribution in [3.05, 3.63) is 29.2 Å². The highest BCUT2D eigenvalue weighted by molar-refractivity contribution is 6.30. The van der Waals surface area contributed by atoms with E-state index in [1.165, 1.54) is 0 Å². The summed E-state index contributed by atoms with van der Waals surface area (Å²) in [5.74, 6) is 2.50. The number of hydrogen-bond donors (Lipinski definition) is 0. The predicted octanol–water partition coefficient (Wildman–Crippen LogP) is 1.39. The van der Waals surface area contributed by atoms with Gasteiger partial charge in [-0.1, -0.05) is 11.6 Å². The molecule has 138 valence electrons. The van der Waals surface area contributed by atoms with Crippen LogP contribution in [0.5, 0.6) is 0 Å². The number of rotatable bonds is 3. The maximum atomic E-state index is 5.87. The van der Waals surface area contributed by atoms with E-state index in [0.29, 0.717) is 5.02 Å². The van der Waals surface area contributed by atoms with Crippen LogP contribution in [0.4, 0.5) is 17.7 Å². The van der Waals surface area contributed by atoms with Crippen LogP contribution in [0.3, 0.4) is 0 Å². The molecule has 0 atom stereocenters. The SMILES string of the molecule is Cc1cc(N2CCN(c3ncc(Cl)cn3)CC2)nc(N2CCOCC2)n1. The van der Waals surface area contributed by atoms with Gasteiger partial charge >= 0.3 is 0 Å². The van der Waals surface area contributed by atoms with Crippen LogP contribution in [0, 0.1) is 6.92 Å². The van der Waals surface area contributed by atoms with Gasteiger partial charge in [0, 0.05) is 51.0 Å². The summed E-state index contributed by atoms with van der Waals surface area (Å²) in [5.41, 5.74) is 0.986. The van der Waals surface area contributed by atoms with E-state index in [9.17, 15) is 0 Å². The van der Waals surface area contributed by atoms with E-state index >= 15 is 0 Å². The van der Waals surface area contributed by atoms with Gasteiger partial charge in [-0.3, -0.25) is 0 Å².